The summed E-state index contributed by atoms with van der Waals surface area (Å²) >= 11 is 0. The third kappa shape index (κ3) is 3.66. The number of fused-ring (bicyclic) bond motifs is 1. The molecule has 5 nitrogen and oxygen atoms in total. The summed E-state index contributed by atoms with van der Waals surface area (Å²) in [5, 5.41) is 0. The highest BCUT2D eigenvalue weighted by molar-refractivity contribution is 5.77. The Bertz CT molecular complexity index is 741. The highest BCUT2D eigenvalue weighted by atomic mass is 16.2. The summed E-state index contributed by atoms with van der Waals surface area (Å²) in [7, 11) is 0. The van der Waals surface area contributed by atoms with Crippen molar-refractivity contribution in [2.24, 2.45) is 0 Å². The molecule has 0 unspecified atom stereocenters. The lowest BCUT2D eigenvalue weighted by molar-refractivity contribution is -0.131. The van der Waals surface area contributed by atoms with Gasteiger partial charge in [0.15, 0.2) is 0 Å². The molecule has 0 aliphatic carbocycles. The number of nitrogens with zero attached hydrogens (tertiary/aromatic N) is 4. The number of pyridine rings is 1. The van der Waals surface area contributed by atoms with E-state index in [0.717, 1.165) is 51.5 Å². The SMILES string of the molecule is O=C(CCN1CCCc2ccccc21)N1CCN(c2ccccn2)CC1. The first-order valence-electron chi connectivity index (χ1n) is 9.58. The van der Waals surface area contributed by atoms with Gasteiger partial charge in [-0.15, -0.1) is 0 Å². The van der Waals surface area contributed by atoms with Crippen LogP contribution in [-0.4, -0.2) is 55.1 Å². The average Bonchev–Trinajstić information content (AvgIpc) is 2.73. The maximum atomic E-state index is 12.7. The van der Waals surface area contributed by atoms with E-state index in [1.807, 2.05) is 29.3 Å². The Labute approximate surface area is 155 Å². The fourth-order valence-electron chi connectivity index (χ4n) is 3.96. The van der Waals surface area contributed by atoms with Crippen LogP contribution in [0.3, 0.4) is 0 Å². The summed E-state index contributed by atoms with van der Waals surface area (Å²) < 4.78 is 0. The first-order valence-corrected chi connectivity index (χ1v) is 9.58. The van der Waals surface area contributed by atoms with Crippen LogP contribution in [0.2, 0.25) is 0 Å². The summed E-state index contributed by atoms with van der Waals surface area (Å²) in [5.41, 5.74) is 2.72. The van der Waals surface area contributed by atoms with Crippen LogP contribution in [0.5, 0.6) is 0 Å². The lowest BCUT2D eigenvalue weighted by Gasteiger charge is -2.36. The van der Waals surface area contributed by atoms with Gasteiger partial charge >= 0.3 is 0 Å². The molecule has 26 heavy (non-hydrogen) atoms. The van der Waals surface area contributed by atoms with Crippen molar-refractivity contribution >= 4 is 17.4 Å². The third-order valence-electron chi connectivity index (χ3n) is 5.41. The molecular formula is C21H26N4O. The van der Waals surface area contributed by atoms with Crippen molar-refractivity contribution in [3.05, 3.63) is 54.2 Å². The molecule has 0 radical (unpaired) electrons. The van der Waals surface area contributed by atoms with E-state index in [4.69, 9.17) is 0 Å². The minimum Gasteiger partial charge on any atom is -0.371 e. The number of hydrogen-bond donors (Lipinski definition) is 0. The maximum Gasteiger partial charge on any atom is 0.224 e. The molecule has 4 rings (SSSR count). The van der Waals surface area contributed by atoms with Gasteiger partial charge in [-0.3, -0.25) is 4.79 Å². The first-order chi connectivity index (χ1) is 12.8. The van der Waals surface area contributed by atoms with Crippen molar-refractivity contribution < 1.29 is 4.79 Å². The highest BCUT2D eigenvalue weighted by Crippen LogP contribution is 2.26. The average molecular weight is 350 g/mol. The van der Waals surface area contributed by atoms with Crippen LogP contribution in [-0.2, 0) is 11.2 Å². The summed E-state index contributed by atoms with van der Waals surface area (Å²) in [4.78, 5) is 23.7. The number of para-hydroxylation sites is 1. The normalized spacial score (nSPS) is 17.2. The fraction of sp³-hybridized carbons (Fsp3) is 0.429. The van der Waals surface area contributed by atoms with Crippen molar-refractivity contribution in [2.45, 2.75) is 19.3 Å². The number of amides is 1. The minimum absolute atomic E-state index is 0.272. The van der Waals surface area contributed by atoms with E-state index < -0.39 is 0 Å². The quantitative estimate of drug-likeness (QED) is 0.850. The number of carbonyl (C=O) groups excluding carboxylic acids is 1. The number of piperazine rings is 1. The van der Waals surface area contributed by atoms with Gasteiger partial charge in [-0.05, 0) is 36.6 Å². The molecule has 136 valence electrons. The molecule has 3 heterocycles. The van der Waals surface area contributed by atoms with Gasteiger partial charge in [-0.2, -0.15) is 0 Å². The summed E-state index contributed by atoms with van der Waals surface area (Å²) in [6.07, 6.45) is 4.74. The number of rotatable bonds is 4. The molecule has 0 N–H and O–H groups in total. The number of aryl methyl sites for hydroxylation is 1. The van der Waals surface area contributed by atoms with E-state index in [2.05, 4.69) is 39.0 Å². The minimum atomic E-state index is 0.272. The second-order valence-corrected chi connectivity index (χ2v) is 7.03. The van der Waals surface area contributed by atoms with Gasteiger partial charge in [0.05, 0.1) is 0 Å². The van der Waals surface area contributed by atoms with Crippen molar-refractivity contribution in [2.75, 3.05) is 49.1 Å². The molecule has 1 amide bonds. The van der Waals surface area contributed by atoms with Crippen molar-refractivity contribution in [3.8, 4) is 0 Å². The van der Waals surface area contributed by atoms with E-state index in [-0.39, 0.29) is 5.91 Å². The molecule has 1 saturated heterocycles. The second-order valence-electron chi connectivity index (χ2n) is 7.03. The van der Waals surface area contributed by atoms with Crippen molar-refractivity contribution in [1.29, 1.82) is 0 Å². The molecule has 0 atom stereocenters. The van der Waals surface area contributed by atoms with Gasteiger partial charge in [-0.1, -0.05) is 24.3 Å². The zero-order valence-corrected chi connectivity index (χ0v) is 15.2. The zero-order chi connectivity index (χ0) is 17.8. The maximum absolute atomic E-state index is 12.7. The van der Waals surface area contributed by atoms with Crippen LogP contribution < -0.4 is 9.80 Å². The van der Waals surface area contributed by atoms with E-state index in [9.17, 15) is 4.79 Å². The molecule has 0 spiro atoms. The number of hydrogen-bond acceptors (Lipinski definition) is 4. The van der Waals surface area contributed by atoms with Crippen LogP contribution in [0, 0.1) is 0 Å². The Morgan fingerprint density at radius 1 is 0.962 bits per heavy atom. The molecule has 1 aromatic heterocycles. The Morgan fingerprint density at radius 2 is 1.77 bits per heavy atom. The van der Waals surface area contributed by atoms with Crippen LogP contribution in [0.15, 0.2) is 48.7 Å². The van der Waals surface area contributed by atoms with Gasteiger partial charge in [0.25, 0.3) is 0 Å². The molecule has 2 aromatic rings. The Hall–Kier alpha value is -2.56. The molecule has 5 heteroatoms. The number of benzene rings is 1. The Balaban J connectivity index is 1.29. The summed E-state index contributed by atoms with van der Waals surface area (Å²) in [5.74, 6) is 1.28. The number of aromatic nitrogens is 1. The molecule has 1 fully saturated rings. The predicted molar refractivity (Wildman–Crippen MR) is 105 cm³/mol. The lowest BCUT2D eigenvalue weighted by atomic mass is 10.0. The topological polar surface area (TPSA) is 39.7 Å². The van der Waals surface area contributed by atoms with E-state index in [1.54, 1.807) is 0 Å². The van der Waals surface area contributed by atoms with Crippen molar-refractivity contribution in [1.82, 2.24) is 9.88 Å². The van der Waals surface area contributed by atoms with Gasteiger partial charge in [0, 0.05) is 57.6 Å². The largest absolute Gasteiger partial charge is 0.371 e. The van der Waals surface area contributed by atoms with E-state index in [0.29, 0.717) is 6.42 Å². The Morgan fingerprint density at radius 3 is 2.58 bits per heavy atom. The van der Waals surface area contributed by atoms with Crippen LogP contribution in [0.25, 0.3) is 0 Å². The molecule has 0 saturated carbocycles. The van der Waals surface area contributed by atoms with Gasteiger partial charge in [0.2, 0.25) is 5.91 Å². The van der Waals surface area contributed by atoms with Crippen LogP contribution in [0.1, 0.15) is 18.4 Å². The van der Waals surface area contributed by atoms with Gasteiger partial charge < -0.3 is 14.7 Å². The molecule has 0 bridgehead atoms. The second kappa shape index (κ2) is 7.77. The predicted octanol–water partition coefficient (Wildman–Crippen LogP) is 2.57. The van der Waals surface area contributed by atoms with Crippen LogP contribution >= 0.6 is 0 Å². The number of carbonyl (C=O) groups is 1. The van der Waals surface area contributed by atoms with E-state index >= 15 is 0 Å². The zero-order valence-electron chi connectivity index (χ0n) is 15.2. The fourth-order valence-corrected chi connectivity index (χ4v) is 3.96. The van der Waals surface area contributed by atoms with Gasteiger partial charge in [0.1, 0.15) is 5.82 Å². The molecule has 2 aliphatic heterocycles. The summed E-state index contributed by atoms with van der Waals surface area (Å²) in [6.45, 7) is 5.15. The first kappa shape index (κ1) is 16.9. The standard InChI is InChI=1S/C21H26N4O/c26-21(10-13-23-12-5-7-18-6-1-2-8-19(18)23)25-16-14-24(15-17-25)20-9-3-4-11-22-20/h1-4,6,8-9,11H,5,7,10,12-17H2. The van der Waals surface area contributed by atoms with Crippen LogP contribution in [0.4, 0.5) is 11.5 Å². The van der Waals surface area contributed by atoms with Gasteiger partial charge in [-0.25, -0.2) is 4.98 Å². The highest BCUT2D eigenvalue weighted by Gasteiger charge is 2.23. The molecule has 1 aromatic carbocycles. The van der Waals surface area contributed by atoms with Crippen molar-refractivity contribution in [3.63, 3.8) is 0 Å². The monoisotopic (exact) mass is 350 g/mol. The third-order valence-corrected chi connectivity index (χ3v) is 5.41. The van der Waals surface area contributed by atoms with E-state index in [1.165, 1.54) is 17.7 Å². The summed E-state index contributed by atoms with van der Waals surface area (Å²) in [6, 6.07) is 14.6. The Kier molecular flexibility index (Phi) is 5.04. The lowest BCUT2D eigenvalue weighted by Crippen LogP contribution is -2.49. The number of anilines is 2. The molecule has 2 aliphatic rings. The smallest absolute Gasteiger partial charge is 0.224 e. The molecular weight excluding hydrogens is 324 g/mol.